The molecule has 2 aromatic rings. The third-order valence-corrected chi connectivity index (χ3v) is 4.80. The zero-order valence-electron chi connectivity index (χ0n) is 10.6. The first kappa shape index (κ1) is 13.7. The molecule has 0 aromatic carbocycles. The van der Waals surface area contributed by atoms with Crippen molar-refractivity contribution < 1.29 is 5.11 Å². The Morgan fingerprint density at radius 3 is 2.67 bits per heavy atom. The van der Waals surface area contributed by atoms with Gasteiger partial charge in [-0.2, -0.15) is 0 Å². The van der Waals surface area contributed by atoms with Crippen molar-refractivity contribution in [1.29, 1.82) is 0 Å². The number of hydrogen-bond donors (Lipinski definition) is 1. The van der Waals surface area contributed by atoms with E-state index in [9.17, 15) is 0 Å². The monoisotopic (exact) mass is 281 g/mol. The number of aryl methyl sites for hydroxylation is 1. The molecule has 0 atom stereocenters. The highest BCUT2D eigenvalue weighted by Gasteiger charge is 2.10. The lowest BCUT2D eigenvalue weighted by molar-refractivity contribution is 0.215. The zero-order chi connectivity index (χ0) is 12.8. The molecule has 4 heteroatoms. The molecule has 0 aliphatic carbocycles. The number of aliphatic hydroxyl groups is 1. The van der Waals surface area contributed by atoms with Crippen LogP contribution in [0.4, 0.5) is 0 Å². The van der Waals surface area contributed by atoms with Gasteiger partial charge in [0.05, 0.1) is 0 Å². The molecule has 2 rings (SSSR count). The van der Waals surface area contributed by atoms with Gasteiger partial charge >= 0.3 is 0 Å². The molecule has 0 bridgehead atoms. The summed E-state index contributed by atoms with van der Waals surface area (Å²) in [5.41, 5.74) is 1.38. The van der Waals surface area contributed by atoms with Gasteiger partial charge in [-0.25, -0.2) is 0 Å². The fourth-order valence-corrected chi connectivity index (χ4v) is 3.59. The Bertz CT molecular complexity index is 450. The average Bonchev–Trinajstić information content (AvgIpc) is 2.99. The van der Waals surface area contributed by atoms with Gasteiger partial charge in [-0.3, -0.25) is 4.90 Å². The Morgan fingerprint density at radius 2 is 2.06 bits per heavy atom. The van der Waals surface area contributed by atoms with Gasteiger partial charge in [0.25, 0.3) is 0 Å². The maximum Gasteiger partial charge on any atom is 0.0443 e. The lowest BCUT2D eigenvalue weighted by atomic mass is 10.2. The Balaban J connectivity index is 1.98. The second-order valence-corrected chi connectivity index (χ2v) is 6.43. The van der Waals surface area contributed by atoms with Crippen LogP contribution >= 0.6 is 22.7 Å². The highest BCUT2D eigenvalue weighted by atomic mass is 32.1. The summed E-state index contributed by atoms with van der Waals surface area (Å²) < 4.78 is 0. The van der Waals surface area contributed by atoms with Crippen molar-refractivity contribution in [3.63, 3.8) is 0 Å². The summed E-state index contributed by atoms with van der Waals surface area (Å²) in [6, 6.07) is 6.45. The molecule has 0 radical (unpaired) electrons. The quantitative estimate of drug-likeness (QED) is 0.839. The van der Waals surface area contributed by atoms with Crippen LogP contribution < -0.4 is 0 Å². The maximum atomic E-state index is 9.00. The van der Waals surface area contributed by atoms with Crippen LogP contribution in [0.25, 0.3) is 0 Å². The van der Waals surface area contributed by atoms with Crippen LogP contribution in [0.2, 0.25) is 0 Å². The molecule has 0 aliphatic rings. The fourth-order valence-electron chi connectivity index (χ4n) is 1.90. The predicted molar refractivity (Wildman–Crippen MR) is 79.2 cm³/mol. The fraction of sp³-hybridized carbons (Fsp3) is 0.429. The van der Waals surface area contributed by atoms with Crippen molar-refractivity contribution in [3.05, 3.63) is 44.3 Å². The lowest BCUT2D eigenvalue weighted by Gasteiger charge is -2.21. The van der Waals surface area contributed by atoms with Gasteiger partial charge < -0.3 is 5.11 Å². The summed E-state index contributed by atoms with van der Waals surface area (Å²) in [7, 11) is 0. The predicted octanol–water partition coefficient (Wildman–Crippen LogP) is 3.50. The molecule has 0 amide bonds. The second kappa shape index (κ2) is 7.04. The van der Waals surface area contributed by atoms with Crippen LogP contribution in [0.15, 0.2) is 29.0 Å². The number of rotatable bonds is 7. The van der Waals surface area contributed by atoms with Crippen LogP contribution in [0.5, 0.6) is 0 Å². The highest BCUT2D eigenvalue weighted by molar-refractivity contribution is 7.10. The third kappa shape index (κ3) is 3.92. The Labute approximate surface area is 117 Å². The molecule has 0 aliphatic heterocycles. The molecule has 2 nitrogen and oxygen atoms in total. The van der Waals surface area contributed by atoms with Crippen molar-refractivity contribution in [3.8, 4) is 0 Å². The smallest absolute Gasteiger partial charge is 0.0443 e. The Morgan fingerprint density at radius 1 is 1.17 bits per heavy atom. The number of thiophene rings is 2. The average molecular weight is 281 g/mol. The van der Waals surface area contributed by atoms with E-state index in [1.165, 1.54) is 15.3 Å². The molecule has 0 saturated heterocycles. The van der Waals surface area contributed by atoms with Gasteiger partial charge in [0, 0.05) is 36.0 Å². The first-order valence-corrected chi connectivity index (χ1v) is 7.94. The Kier molecular flexibility index (Phi) is 5.38. The molecule has 2 aromatic heterocycles. The van der Waals surface area contributed by atoms with Crippen LogP contribution in [-0.4, -0.2) is 23.2 Å². The standard InChI is InChI=1S/C14H19NOS2/c1-12-5-9-18-14(12)11-15(6-3-7-16)10-13-4-2-8-17-13/h2,4-5,8-9,16H,3,6-7,10-11H2,1H3. The Hall–Kier alpha value is -0.680. The number of hydrogen-bond acceptors (Lipinski definition) is 4. The van der Waals surface area contributed by atoms with E-state index in [-0.39, 0.29) is 6.61 Å². The molecule has 0 saturated carbocycles. The largest absolute Gasteiger partial charge is 0.396 e. The molecule has 2 heterocycles. The molecule has 0 spiro atoms. The van der Waals surface area contributed by atoms with Crippen molar-refractivity contribution in [2.75, 3.05) is 13.2 Å². The number of nitrogens with zero attached hydrogens (tertiary/aromatic N) is 1. The van der Waals surface area contributed by atoms with Crippen LogP contribution in [0.1, 0.15) is 21.7 Å². The lowest BCUT2D eigenvalue weighted by Crippen LogP contribution is -2.24. The van der Waals surface area contributed by atoms with Gasteiger partial charge in [0.1, 0.15) is 0 Å². The summed E-state index contributed by atoms with van der Waals surface area (Å²) in [5.74, 6) is 0. The minimum Gasteiger partial charge on any atom is -0.396 e. The molecular formula is C14H19NOS2. The van der Waals surface area contributed by atoms with E-state index < -0.39 is 0 Å². The van der Waals surface area contributed by atoms with E-state index in [4.69, 9.17) is 5.11 Å². The summed E-state index contributed by atoms with van der Waals surface area (Å²) in [6.07, 6.45) is 0.843. The summed E-state index contributed by atoms with van der Waals surface area (Å²) >= 11 is 3.62. The van der Waals surface area contributed by atoms with Gasteiger partial charge in [-0.15, -0.1) is 22.7 Å². The molecule has 98 valence electrons. The maximum absolute atomic E-state index is 9.00. The summed E-state index contributed by atoms with van der Waals surface area (Å²) in [5, 5.41) is 13.3. The van der Waals surface area contributed by atoms with Gasteiger partial charge in [-0.1, -0.05) is 6.07 Å². The van der Waals surface area contributed by atoms with Crippen molar-refractivity contribution >= 4 is 22.7 Å². The van der Waals surface area contributed by atoms with E-state index in [0.29, 0.717) is 0 Å². The SMILES string of the molecule is Cc1ccsc1CN(CCCO)Cc1cccs1. The molecule has 0 unspecified atom stereocenters. The van der Waals surface area contributed by atoms with Gasteiger partial charge in [0.15, 0.2) is 0 Å². The van der Waals surface area contributed by atoms with E-state index in [1.807, 2.05) is 11.3 Å². The van der Waals surface area contributed by atoms with Crippen LogP contribution in [0.3, 0.4) is 0 Å². The first-order valence-electron chi connectivity index (χ1n) is 6.18. The first-order chi connectivity index (χ1) is 8.79. The summed E-state index contributed by atoms with van der Waals surface area (Å²) in [4.78, 5) is 5.24. The van der Waals surface area contributed by atoms with Crippen molar-refractivity contribution in [2.24, 2.45) is 0 Å². The van der Waals surface area contributed by atoms with Crippen molar-refractivity contribution in [1.82, 2.24) is 4.90 Å². The van der Waals surface area contributed by atoms with E-state index >= 15 is 0 Å². The normalized spacial score (nSPS) is 11.3. The van der Waals surface area contributed by atoms with Gasteiger partial charge in [0.2, 0.25) is 0 Å². The van der Waals surface area contributed by atoms with E-state index in [2.05, 4.69) is 40.8 Å². The topological polar surface area (TPSA) is 23.5 Å². The third-order valence-electron chi connectivity index (χ3n) is 2.93. The van der Waals surface area contributed by atoms with Crippen LogP contribution in [-0.2, 0) is 13.1 Å². The minimum atomic E-state index is 0.268. The minimum absolute atomic E-state index is 0.268. The highest BCUT2D eigenvalue weighted by Crippen LogP contribution is 2.20. The molecule has 18 heavy (non-hydrogen) atoms. The van der Waals surface area contributed by atoms with E-state index in [0.717, 1.165) is 26.1 Å². The number of aliphatic hydroxyl groups excluding tert-OH is 1. The second-order valence-electron chi connectivity index (χ2n) is 4.39. The molecule has 0 fully saturated rings. The molecular weight excluding hydrogens is 262 g/mol. The van der Waals surface area contributed by atoms with Crippen molar-refractivity contribution in [2.45, 2.75) is 26.4 Å². The van der Waals surface area contributed by atoms with Crippen LogP contribution in [0, 0.1) is 6.92 Å². The van der Waals surface area contributed by atoms with Gasteiger partial charge in [-0.05, 0) is 41.8 Å². The van der Waals surface area contributed by atoms with E-state index in [1.54, 1.807) is 11.3 Å². The zero-order valence-corrected chi connectivity index (χ0v) is 12.3. The molecule has 1 N–H and O–H groups in total. The summed E-state index contributed by atoms with van der Waals surface area (Å²) in [6.45, 7) is 5.35.